The molecule has 0 spiro atoms. The fourth-order valence-electron chi connectivity index (χ4n) is 1.73. The molecule has 0 bridgehead atoms. The minimum atomic E-state index is -3.78. The average Bonchev–Trinajstić information content (AvgIpc) is 2.33. The van der Waals surface area contributed by atoms with E-state index >= 15 is 0 Å². The van der Waals surface area contributed by atoms with Crippen LogP contribution in [0.2, 0.25) is 0 Å². The van der Waals surface area contributed by atoms with E-state index in [1.54, 1.807) is 13.8 Å². The first-order valence-electron chi connectivity index (χ1n) is 6.58. The summed E-state index contributed by atoms with van der Waals surface area (Å²) >= 11 is 0. The number of sulfonamides is 1. The number of amides is 2. The number of anilines is 1. The fraction of sp³-hybridized carbons (Fsp3) is 0.462. The van der Waals surface area contributed by atoms with Gasteiger partial charge in [0.05, 0.1) is 18.5 Å². The van der Waals surface area contributed by atoms with Crippen LogP contribution >= 0.6 is 0 Å². The van der Waals surface area contributed by atoms with E-state index in [0.717, 1.165) is 22.7 Å². The molecule has 0 aromatic heterocycles. The molecule has 2 amide bonds. The molecule has 0 atom stereocenters. The summed E-state index contributed by atoms with van der Waals surface area (Å²) in [5, 5.41) is 5.04. The second-order valence-electron chi connectivity index (χ2n) is 4.99. The van der Waals surface area contributed by atoms with Gasteiger partial charge in [-0.25, -0.2) is 22.0 Å². The molecule has 0 unspecified atom stereocenters. The highest BCUT2D eigenvalue weighted by Crippen LogP contribution is 2.22. The van der Waals surface area contributed by atoms with E-state index in [-0.39, 0.29) is 24.8 Å². The van der Waals surface area contributed by atoms with Gasteiger partial charge in [0.15, 0.2) is 0 Å². The van der Waals surface area contributed by atoms with Gasteiger partial charge in [-0.2, -0.15) is 0 Å². The van der Waals surface area contributed by atoms with Gasteiger partial charge >= 0.3 is 6.03 Å². The van der Waals surface area contributed by atoms with Crippen molar-refractivity contribution in [1.29, 1.82) is 0 Å². The summed E-state index contributed by atoms with van der Waals surface area (Å²) in [6.45, 7) is 3.35. The summed E-state index contributed by atoms with van der Waals surface area (Å²) < 4.78 is 51.0. The van der Waals surface area contributed by atoms with Crippen LogP contribution in [-0.2, 0) is 10.0 Å². The zero-order chi connectivity index (χ0) is 16.9. The summed E-state index contributed by atoms with van der Waals surface area (Å²) in [7, 11) is -3.78. The third kappa shape index (κ3) is 5.47. The van der Waals surface area contributed by atoms with Crippen LogP contribution in [0, 0.1) is 11.6 Å². The number of halogens is 2. The van der Waals surface area contributed by atoms with Gasteiger partial charge in [-0.1, -0.05) is 0 Å². The Labute approximate surface area is 128 Å². The molecule has 0 radical (unpaired) electrons. The summed E-state index contributed by atoms with van der Waals surface area (Å²) in [6, 6.07) is 2.09. The maximum atomic E-state index is 13.7. The van der Waals surface area contributed by atoms with Crippen LogP contribution in [0.25, 0.3) is 0 Å². The number of hydrogen-bond donors (Lipinski definition) is 2. The van der Waals surface area contributed by atoms with Crippen molar-refractivity contribution in [3.8, 4) is 0 Å². The van der Waals surface area contributed by atoms with Crippen molar-refractivity contribution in [1.82, 2.24) is 10.6 Å². The zero-order valence-electron chi connectivity index (χ0n) is 12.6. The van der Waals surface area contributed by atoms with E-state index in [0.29, 0.717) is 6.07 Å². The molecule has 2 N–H and O–H groups in total. The Morgan fingerprint density at radius 1 is 1.32 bits per heavy atom. The smallest absolute Gasteiger partial charge is 0.315 e. The highest BCUT2D eigenvalue weighted by molar-refractivity contribution is 7.92. The molecule has 9 heteroatoms. The number of urea groups is 1. The molecule has 0 heterocycles. The van der Waals surface area contributed by atoms with Crippen molar-refractivity contribution in [2.75, 3.05) is 23.7 Å². The zero-order valence-corrected chi connectivity index (χ0v) is 13.4. The molecule has 0 aliphatic carbocycles. The summed E-state index contributed by atoms with van der Waals surface area (Å²) in [4.78, 5) is 11.4. The topological polar surface area (TPSA) is 78.5 Å². The largest absolute Gasteiger partial charge is 0.336 e. The third-order valence-corrected chi connectivity index (χ3v) is 3.78. The lowest BCUT2D eigenvalue weighted by Gasteiger charge is -2.23. The van der Waals surface area contributed by atoms with Crippen LogP contribution in [0.3, 0.4) is 0 Å². The van der Waals surface area contributed by atoms with Gasteiger partial charge in [-0.05, 0) is 26.0 Å². The van der Waals surface area contributed by atoms with Crippen LogP contribution in [0.5, 0.6) is 0 Å². The first-order valence-corrected chi connectivity index (χ1v) is 8.43. The van der Waals surface area contributed by atoms with Crippen molar-refractivity contribution in [3.05, 3.63) is 29.8 Å². The van der Waals surface area contributed by atoms with E-state index in [9.17, 15) is 22.0 Å². The van der Waals surface area contributed by atoms with Gasteiger partial charge in [0.25, 0.3) is 0 Å². The van der Waals surface area contributed by atoms with Crippen LogP contribution in [-0.4, -0.2) is 39.8 Å². The predicted molar refractivity (Wildman–Crippen MR) is 80.2 cm³/mol. The average molecular weight is 335 g/mol. The van der Waals surface area contributed by atoms with E-state index in [4.69, 9.17) is 0 Å². The van der Waals surface area contributed by atoms with Crippen molar-refractivity contribution in [3.63, 3.8) is 0 Å². The molecular formula is C13H19F2N3O3S. The minimum absolute atomic E-state index is 0.0254. The second-order valence-corrected chi connectivity index (χ2v) is 6.89. The van der Waals surface area contributed by atoms with Gasteiger partial charge in [-0.3, -0.25) is 4.31 Å². The summed E-state index contributed by atoms with van der Waals surface area (Å²) in [6.07, 6.45) is 0.907. The van der Waals surface area contributed by atoms with Gasteiger partial charge in [0.1, 0.15) is 11.6 Å². The predicted octanol–water partition coefficient (Wildman–Crippen LogP) is 1.44. The van der Waals surface area contributed by atoms with Crippen LogP contribution < -0.4 is 14.9 Å². The maximum Gasteiger partial charge on any atom is 0.315 e. The lowest BCUT2D eigenvalue weighted by Crippen LogP contribution is -2.44. The molecule has 22 heavy (non-hydrogen) atoms. The first-order chi connectivity index (χ1) is 10.1. The van der Waals surface area contributed by atoms with Crippen LogP contribution in [0.15, 0.2) is 18.2 Å². The number of nitrogens with one attached hydrogen (secondary N) is 2. The lowest BCUT2D eigenvalue weighted by molar-refractivity contribution is 0.239. The Bertz CT molecular complexity index is 635. The summed E-state index contributed by atoms with van der Waals surface area (Å²) in [5.41, 5.74) is -0.269. The number of rotatable bonds is 6. The van der Waals surface area contributed by atoms with Crippen molar-refractivity contribution >= 4 is 21.7 Å². The van der Waals surface area contributed by atoms with Gasteiger partial charge in [-0.15, -0.1) is 0 Å². The monoisotopic (exact) mass is 335 g/mol. The maximum absolute atomic E-state index is 13.7. The molecule has 1 aromatic rings. The fourth-order valence-corrected chi connectivity index (χ4v) is 2.66. The van der Waals surface area contributed by atoms with Crippen LogP contribution in [0.1, 0.15) is 13.8 Å². The number of benzene rings is 1. The highest BCUT2D eigenvalue weighted by Gasteiger charge is 2.21. The lowest BCUT2D eigenvalue weighted by atomic mass is 10.3. The third-order valence-electron chi connectivity index (χ3n) is 2.60. The minimum Gasteiger partial charge on any atom is -0.336 e. The Balaban J connectivity index is 2.81. The van der Waals surface area contributed by atoms with E-state index in [1.165, 1.54) is 0 Å². The molecule has 6 nitrogen and oxygen atoms in total. The molecular weight excluding hydrogens is 316 g/mol. The number of hydrogen-bond acceptors (Lipinski definition) is 3. The van der Waals surface area contributed by atoms with E-state index in [1.807, 2.05) is 0 Å². The number of nitrogens with zero attached hydrogens (tertiary/aromatic N) is 1. The molecule has 1 rings (SSSR count). The van der Waals surface area contributed by atoms with E-state index in [2.05, 4.69) is 10.6 Å². The number of carbonyl (C=O) groups is 1. The Kier molecular flexibility index (Phi) is 6.10. The van der Waals surface area contributed by atoms with Crippen molar-refractivity contribution in [2.45, 2.75) is 19.9 Å². The Morgan fingerprint density at radius 3 is 2.45 bits per heavy atom. The van der Waals surface area contributed by atoms with Gasteiger partial charge in [0.2, 0.25) is 10.0 Å². The molecule has 124 valence electrons. The standard InChI is InChI=1S/C13H19F2N3O3S/c1-9(2)17-13(19)16-6-7-18(22(3,20)21)12-5-4-10(14)8-11(12)15/h4-5,8-9H,6-7H2,1-3H3,(H2,16,17,19). The molecule has 0 saturated heterocycles. The normalized spacial score (nSPS) is 11.4. The molecule has 0 aliphatic heterocycles. The first kappa shape index (κ1) is 18.1. The highest BCUT2D eigenvalue weighted by atomic mass is 32.2. The van der Waals surface area contributed by atoms with Crippen molar-refractivity contribution in [2.24, 2.45) is 0 Å². The SMILES string of the molecule is CC(C)NC(=O)NCCN(c1ccc(F)cc1F)S(C)(=O)=O. The number of carbonyl (C=O) groups excluding carboxylic acids is 1. The van der Waals surface area contributed by atoms with Crippen LogP contribution in [0.4, 0.5) is 19.3 Å². The summed E-state index contributed by atoms with van der Waals surface area (Å²) in [5.74, 6) is -1.79. The Morgan fingerprint density at radius 2 is 1.95 bits per heavy atom. The molecule has 0 aliphatic rings. The van der Waals surface area contributed by atoms with Gasteiger partial charge < -0.3 is 10.6 Å². The molecule has 0 saturated carbocycles. The molecule has 1 aromatic carbocycles. The molecule has 0 fully saturated rings. The second kappa shape index (κ2) is 7.39. The van der Waals surface area contributed by atoms with E-state index < -0.39 is 27.7 Å². The quantitative estimate of drug-likeness (QED) is 0.826. The van der Waals surface area contributed by atoms with Crippen molar-refractivity contribution < 1.29 is 22.0 Å². The van der Waals surface area contributed by atoms with Gasteiger partial charge in [0, 0.05) is 18.7 Å². The Hall–Kier alpha value is -1.90.